The zero-order chi connectivity index (χ0) is 11.0. The van der Waals surface area contributed by atoms with E-state index in [0.717, 1.165) is 10.5 Å². The van der Waals surface area contributed by atoms with Crippen LogP contribution in [0.2, 0.25) is 0 Å². The summed E-state index contributed by atoms with van der Waals surface area (Å²) in [6, 6.07) is 9.39. The SMILES string of the molecule is CN(Cc1ccccc1)C(=O)[O-].[CH2]C.[Zn]. The van der Waals surface area contributed by atoms with Crippen LogP contribution in [0.25, 0.3) is 0 Å². The van der Waals surface area contributed by atoms with Crippen LogP contribution in [0.1, 0.15) is 12.5 Å². The van der Waals surface area contributed by atoms with E-state index >= 15 is 0 Å². The van der Waals surface area contributed by atoms with Gasteiger partial charge in [0.15, 0.2) is 0 Å². The zero-order valence-corrected chi connectivity index (χ0v) is 12.2. The van der Waals surface area contributed by atoms with Gasteiger partial charge in [-0.15, -0.1) is 0 Å². The van der Waals surface area contributed by atoms with Crippen molar-refractivity contribution in [3.05, 3.63) is 42.8 Å². The van der Waals surface area contributed by atoms with E-state index in [4.69, 9.17) is 0 Å². The number of amides is 1. The van der Waals surface area contributed by atoms with Gasteiger partial charge in [0.25, 0.3) is 0 Å². The number of carbonyl (C=O) groups is 1. The van der Waals surface area contributed by atoms with Crippen LogP contribution in [0.4, 0.5) is 4.79 Å². The van der Waals surface area contributed by atoms with Gasteiger partial charge < -0.3 is 14.8 Å². The molecule has 1 aromatic carbocycles. The summed E-state index contributed by atoms with van der Waals surface area (Å²) in [5, 5.41) is 10.3. The molecule has 0 saturated heterocycles. The molecule has 0 fully saturated rings. The molecule has 0 bridgehead atoms. The van der Waals surface area contributed by atoms with Gasteiger partial charge >= 0.3 is 0 Å². The van der Waals surface area contributed by atoms with Crippen LogP contribution in [0, 0.1) is 6.92 Å². The van der Waals surface area contributed by atoms with E-state index in [9.17, 15) is 9.90 Å². The average molecular weight is 259 g/mol. The molecule has 1 amide bonds. The fraction of sp³-hybridized carbons (Fsp3) is 0.273. The Morgan fingerprint density at radius 2 is 1.80 bits per heavy atom. The summed E-state index contributed by atoms with van der Waals surface area (Å²) in [5.41, 5.74) is 0.962. The van der Waals surface area contributed by atoms with Crippen molar-refractivity contribution in [2.24, 2.45) is 0 Å². The zero-order valence-electron chi connectivity index (χ0n) is 9.27. The molecule has 4 heteroatoms. The van der Waals surface area contributed by atoms with Crippen molar-refractivity contribution >= 4 is 6.09 Å². The molecule has 0 N–H and O–H groups in total. The first kappa shape index (κ1) is 16.5. The molecule has 79 valence electrons. The van der Waals surface area contributed by atoms with Crippen LogP contribution in [-0.2, 0) is 26.0 Å². The van der Waals surface area contributed by atoms with Crippen LogP contribution in [0.5, 0.6) is 0 Å². The Labute approximate surface area is 104 Å². The van der Waals surface area contributed by atoms with Crippen molar-refractivity contribution in [3.8, 4) is 0 Å². The quantitative estimate of drug-likeness (QED) is 0.751. The van der Waals surface area contributed by atoms with Crippen molar-refractivity contribution in [2.45, 2.75) is 13.5 Å². The first-order valence-corrected chi connectivity index (χ1v) is 4.37. The smallest absolute Gasteiger partial charge is 0.136 e. The van der Waals surface area contributed by atoms with E-state index in [1.165, 1.54) is 7.05 Å². The second-order valence-electron chi connectivity index (χ2n) is 2.61. The third kappa shape index (κ3) is 7.09. The molecule has 1 radical (unpaired) electrons. The van der Waals surface area contributed by atoms with Gasteiger partial charge in [0.05, 0.1) is 0 Å². The predicted octanol–water partition coefficient (Wildman–Crippen LogP) is 1.30. The molecule has 0 spiro atoms. The van der Waals surface area contributed by atoms with Gasteiger partial charge in [0.2, 0.25) is 0 Å². The Morgan fingerprint density at radius 3 is 2.20 bits per heavy atom. The van der Waals surface area contributed by atoms with Gasteiger partial charge in [-0.25, -0.2) is 0 Å². The van der Waals surface area contributed by atoms with E-state index in [1.807, 2.05) is 30.3 Å². The molecule has 1 rings (SSSR count). The molecule has 1 aromatic rings. The number of rotatable bonds is 2. The van der Waals surface area contributed by atoms with Crippen molar-refractivity contribution < 1.29 is 29.4 Å². The third-order valence-corrected chi connectivity index (χ3v) is 1.57. The molecule has 15 heavy (non-hydrogen) atoms. The standard InChI is InChI=1S/C9H11NO2.C2H5.Zn/c1-10(9(11)12)7-8-5-3-2-4-6-8;1-2;/h2-6H,7H2,1H3,(H,11,12);1H2,2H3;/p-1. The number of benzene rings is 1. The largest absolute Gasteiger partial charge is 0.530 e. The van der Waals surface area contributed by atoms with E-state index in [2.05, 4.69) is 6.92 Å². The number of carbonyl (C=O) groups excluding carboxylic acids is 1. The molecule has 0 atom stereocenters. The van der Waals surface area contributed by atoms with Crippen LogP contribution >= 0.6 is 0 Å². The number of nitrogens with zero attached hydrogens (tertiary/aromatic N) is 1. The molecular formula is C11H15NO2Zn-. The van der Waals surface area contributed by atoms with Crippen molar-refractivity contribution in [1.29, 1.82) is 0 Å². The molecule has 0 aliphatic heterocycles. The molecule has 0 saturated carbocycles. The summed E-state index contributed by atoms with van der Waals surface area (Å²) in [6.07, 6.45) is -1.15. The Hall–Kier alpha value is -0.887. The molecule has 3 nitrogen and oxygen atoms in total. The molecule has 0 aliphatic carbocycles. The minimum Gasteiger partial charge on any atom is -0.530 e. The van der Waals surface area contributed by atoms with Gasteiger partial charge in [-0.3, -0.25) is 0 Å². The second-order valence-corrected chi connectivity index (χ2v) is 2.61. The Morgan fingerprint density at radius 1 is 1.33 bits per heavy atom. The molecule has 0 heterocycles. The van der Waals surface area contributed by atoms with Gasteiger partial charge in [-0.05, 0) is 5.56 Å². The molecule has 0 aliphatic rings. The predicted molar refractivity (Wildman–Crippen MR) is 54.3 cm³/mol. The fourth-order valence-electron chi connectivity index (χ4n) is 0.922. The molecule has 0 aromatic heterocycles. The van der Waals surface area contributed by atoms with Crippen LogP contribution in [0.3, 0.4) is 0 Å². The summed E-state index contributed by atoms with van der Waals surface area (Å²) in [6.45, 7) is 5.38. The average Bonchev–Trinajstić information content (AvgIpc) is 2.22. The van der Waals surface area contributed by atoms with Crippen molar-refractivity contribution in [1.82, 2.24) is 4.90 Å². The Balaban J connectivity index is 0. The van der Waals surface area contributed by atoms with Crippen LogP contribution < -0.4 is 5.11 Å². The maximum atomic E-state index is 10.3. The maximum Gasteiger partial charge on any atom is 0.136 e. The molecule has 0 unspecified atom stereocenters. The number of hydrogen-bond acceptors (Lipinski definition) is 2. The number of hydrogen-bond donors (Lipinski definition) is 0. The first-order valence-electron chi connectivity index (χ1n) is 4.37. The van der Waals surface area contributed by atoms with E-state index in [0.29, 0.717) is 6.54 Å². The van der Waals surface area contributed by atoms with Gasteiger partial charge in [-0.2, -0.15) is 0 Å². The minimum absolute atomic E-state index is 0. The topological polar surface area (TPSA) is 43.4 Å². The summed E-state index contributed by atoms with van der Waals surface area (Å²) >= 11 is 0. The van der Waals surface area contributed by atoms with Gasteiger partial charge in [-0.1, -0.05) is 44.2 Å². The summed E-state index contributed by atoms with van der Waals surface area (Å²) in [5.74, 6) is 0. The van der Waals surface area contributed by atoms with E-state index in [1.54, 1.807) is 6.92 Å². The van der Waals surface area contributed by atoms with Crippen molar-refractivity contribution in [2.75, 3.05) is 7.05 Å². The third-order valence-electron chi connectivity index (χ3n) is 1.57. The minimum atomic E-state index is -1.15. The Bertz CT molecular complexity index is 265. The summed E-state index contributed by atoms with van der Waals surface area (Å²) < 4.78 is 0. The maximum absolute atomic E-state index is 10.3. The van der Waals surface area contributed by atoms with Gasteiger partial charge in [0.1, 0.15) is 6.09 Å². The van der Waals surface area contributed by atoms with Gasteiger partial charge in [0, 0.05) is 33.1 Å². The monoisotopic (exact) mass is 257 g/mol. The molecular weight excluding hydrogens is 244 g/mol. The summed E-state index contributed by atoms with van der Waals surface area (Å²) in [4.78, 5) is 11.5. The number of carboxylic acid groups (broad SMARTS) is 1. The van der Waals surface area contributed by atoms with Crippen LogP contribution in [0.15, 0.2) is 30.3 Å². The Kier molecular flexibility index (Phi) is 10.7. The first-order chi connectivity index (χ1) is 6.70. The normalized spacial score (nSPS) is 7.93. The fourth-order valence-corrected chi connectivity index (χ4v) is 0.922. The van der Waals surface area contributed by atoms with E-state index < -0.39 is 6.09 Å². The summed E-state index contributed by atoms with van der Waals surface area (Å²) in [7, 11) is 1.49. The second kappa shape index (κ2) is 9.66. The van der Waals surface area contributed by atoms with Crippen molar-refractivity contribution in [3.63, 3.8) is 0 Å². The van der Waals surface area contributed by atoms with E-state index in [-0.39, 0.29) is 19.5 Å². The van der Waals surface area contributed by atoms with Crippen LogP contribution in [-0.4, -0.2) is 18.0 Å².